The van der Waals surface area contributed by atoms with Gasteiger partial charge in [0.1, 0.15) is 13.2 Å². The van der Waals surface area contributed by atoms with E-state index in [9.17, 15) is 14.4 Å². The molecule has 0 spiro atoms. The molecule has 6 nitrogen and oxygen atoms in total. The van der Waals surface area contributed by atoms with E-state index < -0.39 is 6.10 Å². The molecule has 0 rings (SSSR count). The average Bonchev–Trinajstić information content (AvgIpc) is 3.29. The van der Waals surface area contributed by atoms with Gasteiger partial charge in [-0.2, -0.15) is 0 Å². The fourth-order valence-electron chi connectivity index (χ4n) is 7.66. The molecule has 0 saturated heterocycles. The Hall–Kier alpha value is -2.89. The van der Waals surface area contributed by atoms with Crippen LogP contribution in [0.4, 0.5) is 0 Å². The van der Waals surface area contributed by atoms with Crippen LogP contribution in [0.5, 0.6) is 0 Å². The van der Waals surface area contributed by atoms with Crippen molar-refractivity contribution in [2.24, 2.45) is 0 Å². The van der Waals surface area contributed by atoms with Gasteiger partial charge in [0.05, 0.1) is 0 Å². The zero-order valence-electron chi connectivity index (χ0n) is 42.3. The summed E-state index contributed by atoms with van der Waals surface area (Å²) in [6.07, 6.45) is 64.9. The van der Waals surface area contributed by atoms with E-state index in [-0.39, 0.29) is 31.1 Å². The summed E-state index contributed by atoms with van der Waals surface area (Å²) in [6.45, 7) is 6.50. The van der Waals surface area contributed by atoms with Gasteiger partial charge in [-0.1, -0.05) is 229 Å². The molecule has 0 bridgehead atoms. The summed E-state index contributed by atoms with van der Waals surface area (Å²) in [6, 6.07) is 0. The third kappa shape index (κ3) is 50.1. The Labute approximate surface area is 396 Å². The molecule has 1 atom stereocenters. The van der Waals surface area contributed by atoms with Gasteiger partial charge in [-0.15, -0.1) is 0 Å². The van der Waals surface area contributed by atoms with Gasteiger partial charge < -0.3 is 14.2 Å². The maximum absolute atomic E-state index is 12.8. The summed E-state index contributed by atoms with van der Waals surface area (Å²) < 4.78 is 16.8. The van der Waals surface area contributed by atoms with E-state index in [4.69, 9.17) is 14.2 Å². The lowest BCUT2D eigenvalue weighted by molar-refractivity contribution is -0.167. The number of carbonyl (C=O) groups is 3. The highest BCUT2D eigenvalue weighted by Gasteiger charge is 2.19. The van der Waals surface area contributed by atoms with Crippen LogP contribution in [0.1, 0.15) is 271 Å². The van der Waals surface area contributed by atoms with E-state index in [0.29, 0.717) is 19.3 Å². The minimum absolute atomic E-state index is 0.0903. The summed E-state index contributed by atoms with van der Waals surface area (Å²) >= 11 is 0. The van der Waals surface area contributed by atoms with Crippen molar-refractivity contribution in [1.29, 1.82) is 0 Å². The Bertz CT molecular complexity index is 1170. The average molecular weight is 895 g/mol. The van der Waals surface area contributed by atoms with E-state index in [1.54, 1.807) is 0 Å². The topological polar surface area (TPSA) is 78.9 Å². The Morgan fingerprint density at radius 3 is 0.984 bits per heavy atom. The third-order valence-corrected chi connectivity index (χ3v) is 11.8. The van der Waals surface area contributed by atoms with Crippen molar-refractivity contribution in [1.82, 2.24) is 0 Å². The molecule has 0 radical (unpaired) electrons. The predicted molar refractivity (Wildman–Crippen MR) is 275 cm³/mol. The summed E-state index contributed by atoms with van der Waals surface area (Å²) in [5.74, 6) is -0.927. The molecule has 0 saturated carbocycles. The Morgan fingerprint density at radius 2 is 0.609 bits per heavy atom. The quantitative estimate of drug-likeness (QED) is 0.0262. The summed E-state index contributed by atoms with van der Waals surface area (Å²) in [5, 5.41) is 0. The van der Waals surface area contributed by atoms with Crippen LogP contribution in [0.25, 0.3) is 0 Å². The zero-order valence-corrected chi connectivity index (χ0v) is 42.3. The molecule has 0 heterocycles. The first kappa shape index (κ1) is 61.1. The normalized spacial score (nSPS) is 12.5. The molecule has 0 N–H and O–H groups in total. The van der Waals surface area contributed by atoms with Gasteiger partial charge in [0.2, 0.25) is 0 Å². The van der Waals surface area contributed by atoms with Crippen LogP contribution in [0.3, 0.4) is 0 Å². The minimum Gasteiger partial charge on any atom is -0.462 e. The maximum atomic E-state index is 12.8. The van der Waals surface area contributed by atoms with Crippen molar-refractivity contribution in [3.63, 3.8) is 0 Å². The third-order valence-electron chi connectivity index (χ3n) is 11.8. The lowest BCUT2D eigenvalue weighted by Crippen LogP contribution is -2.30. The summed E-state index contributed by atoms with van der Waals surface area (Å²) in [7, 11) is 0. The molecule has 370 valence electrons. The highest BCUT2D eigenvalue weighted by atomic mass is 16.6. The molecule has 0 fully saturated rings. The molecular weight excluding hydrogens is 793 g/mol. The molecular formula is C58H102O6. The zero-order chi connectivity index (χ0) is 46.5. The van der Waals surface area contributed by atoms with Crippen LogP contribution in [0.2, 0.25) is 0 Å². The molecule has 0 aliphatic carbocycles. The maximum Gasteiger partial charge on any atom is 0.306 e. The van der Waals surface area contributed by atoms with E-state index in [0.717, 1.165) is 103 Å². The van der Waals surface area contributed by atoms with Crippen molar-refractivity contribution < 1.29 is 28.6 Å². The van der Waals surface area contributed by atoms with E-state index in [1.807, 2.05) is 0 Å². The van der Waals surface area contributed by atoms with Crippen molar-refractivity contribution in [3.05, 3.63) is 60.8 Å². The van der Waals surface area contributed by atoms with Crippen LogP contribution in [-0.2, 0) is 28.6 Å². The second-order valence-electron chi connectivity index (χ2n) is 18.1. The van der Waals surface area contributed by atoms with Gasteiger partial charge in [-0.3, -0.25) is 14.4 Å². The van der Waals surface area contributed by atoms with Gasteiger partial charge in [-0.05, 0) is 83.5 Å². The summed E-state index contributed by atoms with van der Waals surface area (Å²) in [4.78, 5) is 38.0. The van der Waals surface area contributed by atoms with Crippen LogP contribution in [-0.4, -0.2) is 37.2 Å². The van der Waals surface area contributed by atoms with E-state index in [1.165, 1.54) is 128 Å². The lowest BCUT2D eigenvalue weighted by Gasteiger charge is -2.18. The molecule has 0 aromatic carbocycles. The number of hydrogen-bond acceptors (Lipinski definition) is 6. The fourth-order valence-corrected chi connectivity index (χ4v) is 7.66. The van der Waals surface area contributed by atoms with Gasteiger partial charge in [0.15, 0.2) is 6.10 Å². The standard InChI is InChI=1S/C58H102O6/c1-4-7-10-13-16-19-22-25-28-30-33-36-39-42-45-48-51-57(60)63-54-55(53-62-56(59)50-47-44-41-38-35-32-27-24-21-18-15-12-9-6-3)64-58(61)52-49-46-43-40-37-34-31-29-26-23-20-17-14-11-8-5-2/h7,10,16,19,25,28,32-33,35-36,55H,4-6,8-9,11-15,17-18,20-24,26-27,29-31,34,37-54H2,1-3H3/b10-7-,19-16-,28-25-,35-32-,36-33-. The van der Waals surface area contributed by atoms with Gasteiger partial charge in [-0.25, -0.2) is 0 Å². The number of hydrogen-bond donors (Lipinski definition) is 0. The molecule has 0 aromatic heterocycles. The number of unbranched alkanes of at least 4 members (excludes halogenated alkanes) is 28. The largest absolute Gasteiger partial charge is 0.462 e. The molecule has 6 heteroatoms. The van der Waals surface area contributed by atoms with E-state index >= 15 is 0 Å². The van der Waals surface area contributed by atoms with Crippen molar-refractivity contribution in [2.75, 3.05) is 13.2 Å². The van der Waals surface area contributed by atoms with Gasteiger partial charge in [0, 0.05) is 19.3 Å². The molecule has 0 amide bonds. The van der Waals surface area contributed by atoms with Crippen LogP contribution in [0.15, 0.2) is 60.8 Å². The highest BCUT2D eigenvalue weighted by molar-refractivity contribution is 5.71. The fraction of sp³-hybridized carbons (Fsp3) is 0.776. The summed E-state index contributed by atoms with van der Waals surface area (Å²) in [5.41, 5.74) is 0. The number of esters is 3. The first-order valence-electron chi connectivity index (χ1n) is 27.3. The van der Waals surface area contributed by atoms with Gasteiger partial charge >= 0.3 is 17.9 Å². The first-order chi connectivity index (χ1) is 31.5. The van der Waals surface area contributed by atoms with Crippen LogP contribution < -0.4 is 0 Å². The number of carbonyl (C=O) groups excluding carboxylic acids is 3. The second kappa shape index (κ2) is 52.7. The second-order valence-corrected chi connectivity index (χ2v) is 18.1. The van der Waals surface area contributed by atoms with Crippen molar-refractivity contribution in [2.45, 2.75) is 277 Å². The number of rotatable bonds is 49. The highest BCUT2D eigenvalue weighted by Crippen LogP contribution is 2.16. The Kier molecular flexibility index (Phi) is 50.4. The SMILES string of the molecule is CC/C=C\C/C=C\C/C=C\C/C=C\CCCCCC(=O)OCC(COC(=O)CCCCC/C=C\CCCCCCCCC)OC(=O)CCCCCCCCCCCCCCCCCC. The van der Waals surface area contributed by atoms with Gasteiger partial charge in [0.25, 0.3) is 0 Å². The number of ether oxygens (including phenoxy) is 3. The van der Waals surface area contributed by atoms with Crippen LogP contribution >= 0.6 is 0 Å². The predicted octanol–water partition coefficient (Wildman–Crippen LogP) is 18.0. The minimum atomic E-state index is -0.791. The molecule has 1 unspecified atom stereocenters. The number of allylic oxidation sites excluding steroid dienone is 10. The molecule has 0 aromatic rings. The first-order valence-corrected chi connectivity index (χ1v) is 27.3. The molecule has 0 aliphatic heterocycles. The molecule has 0 aliphatic rings. The van der Waals surface area contributed by atoms with Crippen LogP contribution in [0, 0.1) is 0 Å². The smallest absolute Gasteiger partial charge is 0.306 e. The lowest BCUT2D eigenvalue weighted by atomic mass is 10.0. The monoisotopic (exact) mass is 895 g/mol. The molecule has 64 heavy (non-hydrogen) atoms. The Balaban J connectivity index is 4.43. The van der Waals surface area contributed by atoms with E-state index in [2.05, 4.69) is 81.5 Å². The van der Waals surface area contributed by atoms with Crippen molar-refractivity contribution in [3.8, 4) is 0 Å². The Morgan fingerprint density at radius 1 is 0.328 bits per heavy atom. The van der Waals surface area contributed by atoms with Crippen molar-refractivity contribution >= 4 is 17.9 Å².